The van der Waals surface area contributed by atoms with Gasteiger partial charge >= 0.3 is 0 Å². The van der Waals surface area contributed by atoms with Gasteiger partial charge in [0.1, 0.15) is 5.82 Å². The van der Waals surface area contributed by atoms with E-state index in [2.05, 4.69) is 17.2 Å². The standard InChI is InChI=1S/C17H15ClFN3S2/c1-11-10-20-17(24-11)22(13-7-8-15(19)14(18)9-13)16(23)21-12-5-3-2-4-6-12/h2-9,11H,10H2,1H3,(H,21,23)/t11-/m1/s1. The number of nitrogens with one attached hydrogen (secondary N) is 1. The summed E-state index contributed by atoms with van der Waals surface area (Å²) in [5, 5.41) is 4.86. The van der Waals surface area contributed by atoms with Gasteiger partial charge in [0.15, 0.2) is 10.3 Å². The van der Waals surface area contributed by atoms with Crippen molar-refractivity contribution in [2.45, 2.75) is 12.2 Å². The number of anilines is 2. The molecule has 0 saturated heterocycles. The van der Waals surface area contributed by atoms with E-state index < -0.39 is 5.82 Å². The Hall–Kier alpha value is -1.63. The van der Waals surface area contributed by atoms with Crippen molar-refractivity contribution < 1.29 is 4.39 Å². The van der Waals surface area contributed by atoms with E-state index in [1.54, 1.807) is 28.8 Å². The molecular formula is C17H15ClFN3S2. The van der Waals surface area contributed by atoms with Crippen LogP contribution in [0.1, 0.15) is 6.92 Å². The van der Waals surface area contributed by atoms with Crippen molar-refractivity contribution in [3.8, 4) is 0 Å². The van der Waals surface area contributed by atoms with Crippen molar-refractivity contribution in [3.05, 3.63) is 59.4 Å². The third kappa shape index (κ3) is 3.88. The molecule has 2 aromatic rings. The second-order valence-corrected chi connectivity index (χ2v) is 7.48. The first kappa shape index (κ1) is 17.2. The van der Waals surface area contributed by atoms with Crippen LogP contribution in [-0.4, -0.2) is 22.1 Å². The van der Waals surface area contributed by atoms with Gasteiger partial charge in [-0.05, 0) is 42.5 Å². The number of hydrogen-bond donors (Lipinski definition) is 1. The van der Waals surface area contributed by atoms with Crippen LogP contribution in [0.25, 0.3) is 0 Å². The SMILES string of the molecule is C[C@@H]1CN=C(N(C(=S)Nc2ccccc2)c2ccc(F)c(Cl)c2)S1. The summed E-state index contributed by atoms with van der Waals surface area (Å²) in [5.41, 5.74) is 1.55. The molecular weight excluding hydrogens is 365 g/mol. The van der Waals surface area contributed by atoms with Crippen LogP contribution < -0.4 is 10.2 Å². The van der Waals surface area contributed by atoms with Gasteiger partial charge in [0.05, 0.1) is 17.3 Å². The Morgan fingerprint density at radius 1 is 1.33 bits per heavy atom. The van der Waals surface area contributed by atoms with Crippen molar-refractivity contribution in [2.24, 2.45) is 4.99 Å². The van der Waals surface area contributed by atoms with E-state index in [9.17, 15) is 4.39 Å². The van der Waals surface area contributed by atoms with Crippen molar-refractivity contribution in [1.82, 2.24) is 0 Å². The van der Waals surface area contributed by atoms with Gasteiger partial charge in [0.2, 0.25) is 0 Å². The van der Waals surface area contributed by atoms with E-state index in [1.807, 2.05) is 30.3 Å². The maximum absolute atomic E-state index is 13.5. The van der Waals surface area contributed by atoms with Crippen LogP contribution in [0.5, 0.6) is 0 Å². The number of rotatable bonds is 2. The summed E-state index contributed by atoms with van der Waals surface area (Å²) < 4.78 is 13.5. The van der Waals surface area contributed by atoms with E-state index in [4.69, 9.17) is 23.8 Å². The van der Waals surface area contributed by atoms with E-state index in [1.165, 1.54) is 6.07 Å². The smallest absolute Gasteiger partial charge is 0.184 e. The zero-order valence-electron chi connectivity index (χ0n) is 12.9. The second kappa shape index (κ2) is 7.51. The summed E-state index contributed by atoms with van der Waals surface area (Å²) in [6.07, 6.45) is 0. The highest BCUT2D eigenvalue weighted by Gasteiger charge is 2.26. The molecule has 3 nitrogen and oxygen atoms in total. The lowest BCUT2D eigenvalue weighted by molar-refractivity contribution is 0.628. The van der Waals surface area contributed by atoms with E-state index in [0.717, 1.165) is 17.4 Å². The number of thiocarbonyl (C=S) groups is 1. The molecule has 1 heterocycles. The van der Waals surface area contributed by atoms with Crippen LogP contribution in [0.2, 0.25) is 5.02 Å². The molecule has 0 amide bonds. The quantitative estimate of drug-likeness (QED) is 0.728. The second-order valence-electron chi connectivity index (χ2n) is 5.28. The van der Waals surface area contributed by atoms with Crippen molar-refractivity contribution in [3.63, 3.8) is 0 Å². The number of halogens is 2. The van der Waals surface area contributed by atoms with Crippen molar-refractivity contribution in [1.29, 1.82) is 0 Å². The maximum atomic E-state index is 13.5. The third-order valence-corrected chi connectivity index (χ3v) is 5.02. The lowest BCUT2D eigenvalue weighted by Crippen LogP contribution is -2.38. The van der Waals surface area contributed by atoms with Crippen LogP contribution in [0.15, 0.2) is 53.5 Å². The lowest BCUT2D eigenvalue weighted by Gasteiger charge is -2.25. The molecule has 0 saturated carbocycles. The molecule has 1 N–H and O–H groups in total. The number of nitrogens with zero attached hydrogens (tertiary/aromatic N) is 2. The molecule has 1 atom stereocenters. The molecule has 0 aromatic heterocycles. The minimum absolute atomic E-state index is 0.0525. The van der Waals surface area contributed by atoms with Gasteiger partial charge < -0.3 is 5.32 Å². The fourth-order valence-electron chi connectivity index (χ4n) is 2.22. The molecule has 124 valence electrons. The zero-order valence-corrected chi connectivity index (χ0v) is 15.3. The molecule has 3 rings (SSSR count). The Morgan fingerprint density at radius 2 is 2.08 bits per heavy atom. The topological polar surface area (TPSA) is 27.6 Å². The largest absolute Gasteiger partial charge is 0.332 e. The first-order chi connectivity index (χ1) is 11.5. The molecule has 7 heteroatoms. The van der Waals surface area contributed by atoms with Crippen LogP contribution >= 0.6 is 35.6 Å². The van der Waals surface area contributed by atoms with Gasteiger partial charge in [-0.1, -0.05) is 48.5 Å². The molecule has 0 spiro atoms. The molecule has 1 aliphatic heterocycles. The highest BCUT2D eigenvalue weighted by atomic mass is 35.5. The molecule has 0 radical (unpaired) electrons. The molecule has 0 fully saturated rings. The average molecular weight is 380 g/mol. The number of aliphatic imine (C=N–C) groups is 1. The highest BCUT2D eigenvalue weighted by Crippen LogP contribution is 2.30. The van der Waals surface area contributed by atoms with Gasteiger partial charge in [0, 0.05) is 10.9 Å². The predicted molar refractivity (Wildman–Crippen MR) is 106 cm³/mol. The molecule has 0 bridgehead atoms. The number of thioether (sulfide) groups is 1. The summed E-state index contributed by atoms with van der Waals surface area (Å²) in [4.78, 5) is 6.34. The first-order valence-corrected chi connectivity index (χ1v) is 9.03. The van der Waals surface area contributed by atoms with Gasteiger partial charge in [0.25, 0.3) is 0 Å². The Labute approximate surface area is 154 Å². The minimum Gasteiger partial charge on any atom is -0.332 e. The van der Waals surface area contributed by atoms with Gasteiger partial charge in [-0.2, -0.15) is 0 Å². The average Bonchev–Trinajstić information content (AvgIpc) is 2.98. The fourth-order valence-corrected chi connectivity index (χ4v) is 3.73. The summed E-state index contributed by atoms with van der Waals surface area (Å²) in [6, 6.07) is 14.2. The maximum Gasteiger partial charge on any atom is 0.184 e. The molecule has 0 unspecified atom stereocenters. The Balaban J connectivity index is 1.92. The van der Waals surface area contributed by atoms with Gasteiger partial charge in [-0.3, -0.25) is 9.89 Å². The van der Waals surface area contributed by atoms with Crippen LogP contribution in [0, 0.1) is 5.82 Å². The minimum atomic E-state index is -0.461. The number of para-hydroxylation sites is 1. The first-order valence-electron chi connectivity index (χ1n) is 7.37. The summed E-state index contributed by atoms with van der Waals surface area (Å²) in [7, 11) is 0. The summed E-state index contributed by atoms with van der Waals surface area (Å²) in [5.74, 6) is -0.461. The number of amidine groups is 1. The van der Waals surface area contributed by atoms with Crippen LogP contribution in [-0.2, 0) is 0 Å². The fraction of sp³-hybridized carbons (Fsp3) is 0.176. The lowest BCUT2D eigenvalue weighted by atomic mass is 10.3. The molecule has 2 aromatic carbocycles. The number of hydrogen-bond acceptors (Lipinski definition) is 3. The van der Waals surface area contributed by atoms with E-state index in [0.29, 0.717) is 16.0 Å². The third-order valence-electron chi connectivity index (χ3n) is 3.37. The van der Waals surface area contributed by atoms with Crippen molar-refractivity contribution >= 4 is 57.2 Å². The zero-order chi connectivity index (χ0) is 17.1. The van der Waals surface area contributed by atoms with E-state index >= 15 is 0 Å². The van der Waals surface area contributed by atoms with Gasteiger partial charge in [-0.25, -0.2) is 4.39 Å². The van der Waals surface area contributed by atoms with Crippen LogP contribution in [0.3, 0.4) is 0 Å². The normalized spacial score (nSPS) is 16.6. The molecule has 1 aliphatic rings. The Bertz CT molecular complexity index is 783. The highest BCUT2D eigenvalue weighted by molar-refractivity contribution is 8.15. The van der Waals surface area contributed by atoms with Crippen molar-refractivity contribution in [2.75, 3.05) is 16.8 Å². The van der Waals surface area contributed by atoms with E-state index in [-0.39, 0.29) is 5.02 Å². The van der Waals surface area contributed by atoms with Crippen LogP contribution in [0.4, 0.5) is 15.8 Å². The van der Waals surface area contributed by atoms with Gasteiger partial charge in [-0.15, -0.1) is 0 Å². The monoisotopic (exact) mass is 379 g/mol. The Morgan fingerprint density at radius 3 is 2.71 bits per heavy atom. The molecule has 0 aliphatic carbocycles. The summed E-state index contributed by atoms with van der Waals surface area (Å²) in [6.45, 7) is 2.82. The molecule has 24 heavy (non-hydrogen) atoms. The Kier molecular flexibility index (Phi) is 5.38. The summed E-state index contributed by atoms with van der Waals surface area (Å²) >= 11 is 13.1. The number of benzene rings is 2. The predicted octanol–water partition coefficient (Wildman–Crippen LogP) is 5.17.